The number of hydrogen-bond acceptors (Lipinski definition) is 6. The van der Waals surface area contributed by atoms with Crippen molar-refractivity contribution in [3.63, 3.8) is 0 Å². The molecule has 0 aliphatic carbocycles. The van der Waals surface area contributed by atoms with E-state index in [4.69, 9.17) is 19.8 Å². The van der Waals surface area contributed by atoms with Crippen molar-refractivity contribution in [1.82, 2.24) is 9.80 Å². The normalized spacial score (nSPS) is 8.43. The molecule has 0 heterocycles. The van der Waals surface area contributed by atoms with Gasteiger partial charge in [-0.25, -0.2) is 0 Å². The van der Waals surface area contributed by atoms with Gasteiger partial charge in [-0.3, -0.25) is 0 Å². The molecule has 0 atom stereocenters. The van der Waals surface area contributed by atoms with Crippen LogP contribution in [0.2, 0.25) is 0 Å². The molecule has 0 aliphatic heterocycles. The van der Waals surface area contributed by atoms with Gasteiger partial charge in [0.2, 0.25) is 0 Å². The van der Waals surface area contributed by atoms with Crippen LogP contribution in [-0.2, 0) is 30.0 Å². The third-order valence-electron chi connectivity index (χ3n) is 2.68. The third-order valence-corrected chi connectivity index (χ3v) is 2.68. The van der Waals surface area contributed by atoms with Gasteiger partial charge in [-0.15, -0.1) is 0 Å². The summed E-state index contributed by atoms with van der Waals surface area (Å²) in [5, 5.41) is 17.8. The Morgan fingerprint density at radius 3 is 0.696 bits per heavy atom. The first-order chi connectivity index (χ1) is 10.2. The van der Waals surface area contributed by atoms with Crippen LogP contribution in [0, 0.1) is 0 Å². The molecule has 0 N–H and O–H groups in total. The van der Waals surface area contributed by atoms with Crippen molar-refractivity contribution < 1.29 is 40.2 Å². The second-order valence-corrected chi connectivity index (χ2v) is 4.22. The Kier molecular flexibility index (Phi) is 43.6. The van der Waals surface area contributed by atoms with Crippen LogP contribution < -0.4 is 10.2 Å². The molecule has 0 bridgehead atoms. The van der Waals surface area contributed by atoms with E-state index in [1.807, 2.05) is 0 Å². The summed E-state index contributed by atoms with van der Waals surface area (Å²) in [7, 11) is 0. The Morgan fingerprint density at radius 2 is 0.696 bits per heavy atom. The van der Waals surface area contributed by atoms with Crippen molar-refractivity contribution in [3.8, 4) is 0 Å². The second kappa shape index (κ2) is 29.5. The summed E-state index contributed by atoms with van der Waals surface area (Å²) in [6.45, 7) is 22.2. The standard InChI is InChI=1S/2C6H15N.2C2H4O2.Pd/c2*1-4-7(5-2)6-3;2*1-2(3)4;/h2*4-6H2,1-3H3;2*1H3,(H,3,4);/q;;;;+2/p-2. The summed E-state index contributed by atoms with van der Waals surface area (Å²) in [6, 6.07) is 0. The minimum Gasteiger partial charge on any atom is -0.550 e. The molecule has 0 radical (unpaired) electrons. The average molecular weight is 427 g/mol. The summed E-state index contributed by atoms with van der Waals surface area (Å²) in [4.78, 5) is 22.5. The van der Waals surface area contributed by atoms with Gasteiger partial charge in [-0.2, -0.15) is 0 Å². The number of carboxylic acid groups (broad SMARTS) is 2. The van der Waals surface area contributed by atoms with Crippen LogP contribution in [0.3, 0.4) is 0 Å². The molecular formula is C16H36N2O4Pd. The Labute approximate surface area is 156 Å². The first-order valence-corrected chi connectivity index (χ1v) is 7.96. The maximum Gasteiger partial charge on any atom is 2.00 e. The van der Waals surface area contributed by atoms with E-state index in [0.717, 1.165) is 13.8 Å². The molecule has 144 valence electrons. The number of nitrogens with zero attached hydrogens (tertiary/aromatic N) is 2. The van der Waals surface area contributed by atoms with Crippen LogP contribution in [-0.4, -0.2) is 61.0 Å². The van der Waals surface area contributed by atoms with Crippen molar-refractivity contribution >= 4 is 11.9 Å². The van der Waals surface area contributed by atoms with Crippen LogP contribution in [0.4, 0.5) is 0 Å². The molecule has 0 aromatic carbocycles. The quantitative estimate of drug-likeness (QED) is 0.564. The van der Waals surface area contributed by atoms with Gasteiger partial charge in [0.25, 0.3) is 0 Å². The zero-order valence-corrected chi connectivity index (χ0v) is 17.6. The minimum atomic E-state index is -1.08. The average Bonchev–Trinajstić information content (AvgIpc) is 2.42. The van der Waals surface area contributed by atoms with Gasteiger partial charge in [-0.1, -0.05) is 41.5 Å². The van der Waals surface area contributed by atoms with E-state index in [2.05, 4.69) is 51.3 Å². The summed E-state index contributed by atoms with van der Waals surface area (Å²) in [5.41, 5.74) is 0. The SMILES string of the molecule is CC(=O)[O-].CC(=O)[O-].CCN(CC)CC.CCN(CC)CC.[Pd+2]. The largest absolute Gasteiger partial charge is 2.00 e. The van der Waals surface area contributed by atoms with Crippen molar-refractivity contribution in [2.45, 2.75) is 55.4 Å². The Morgan fingerprint density at radius 1 is 0.609 bits per heavy atom. The van der Waals surface area contributed by atoms with Crippen molar-refractivity contribution in [2.75, 3.05) is 39.3 Å². The molecule has 0 amide bonds. The monoisotopic (exact) mass is 426 g/mol. The van der Waals surface area contributed by atoms with Crippen LogP contribution in [0.5, 0.6) is 0 Å². The van der Waals surface area contributed by atoms with Crippen LogP contribution in [0.1, 0.15) is 55.4 Å². The van der Waals surface area contributed by atoms with Crippen LogP contribution in [0.25, 0.3) is 0 Å². The molecule has 0 aromatic rings. The van der Waals surface area contributed by atoms with Gasteiger partial charge < -0.3 is 29.6 Å². The van der Waals surface area contributed by atoms with E-state index in [9.17, 15) is 0 Å². The summed E-state index contributed by atoms with van der Waals surface area (Å²) >= 11 is 0. The fraction of sp³-hybridized carbons (Fsp3) is 0.875. The Balaban J connectivity index is -0.0000000639. The predicted molar refractivity (Wildman–Crippen MR) is 88.3 cm³/mol. The first kappa shape index (κ1) is 34.0. The predicted octanol–water partition coefficient (Wildman–Crippen LogP) is 0.206. The first-order valence-electron chi connectivity index (χ1n) is 7.96. The van der Waals surface area contributed by atoms with Gasteiger partial charge in [0, 0.05) is 11.9 Å². The number of carbonyl (C=O) groups is 2. The topological polar surface area (TPSA) is 86.7 Å². The Bertz CT molecular complexity index is 191. The molecule has 0 aromatic heterocycles. The smallest absolute Gasteiger partial charge is 0.550 e. The molecule has 23 heavy (non-hydrogen) atoms. The summed E-state index contributed by atoms with van der Waals surface area (Å²) in [5.74, 6) is -2.17. The van der Waals surface area contributed by atoms with E-state index in [0.29, 0.717) is 0 Å². The molecule has 0 saturated heterocycles. The molecule has 6 nitrogen and oxygen atoms in total. The zero-order chi connectivity index (χ0) is 18.6. The van der Waals surface area contributed by atoms with Gasteiger partial charge in [0.15, 0.2) is 0 Å². The maximum absolute atomic E-state index is 8.89. The van der Waals surface area contributed by atoms with Gasteiger partial charge in [0.1, 0.15) is 0 Å². The van der Waals surface area contributed by atoms with Crippen LogP contribution >= 0.6 is 0 Å². The fourth-order valence-electron chi connectivity index (χ4n) is 1.34. The third kappa shape index (κ3) is 61.8. The Hall–Kier alpha value is -0.478. The van der Waals surface area contributed by atoms with Crippen molar-refractivity contribution in [3.05, 3.63) is 0 Å². The van der Waals surface area contributed by atoms with E-state index >= 15 is 0 Å². The van der Waals surface area contributed by atoms with Gasteiger partial charge >= 0.3 is 20.4 Å². The van der Waals surface area contributed by atoms with E-state index in [-0.39, 0.29) is 20.4 Å². The number of carboxylic acids is 2. The molecule has 0 fully saturated rings. The van der Waals surface area contributed by atoms with Gasteiger partial charge in [-0.05, 0) is 53.1 Å². The fourth-order valence-corrected chi connectivity index (χ4v) is 1.34. The molecule has 0 saturated carbocycles. The second-order valence-electron chi connectivity index (χ2n) is 4.22. The van der Waals surface area contributed by atoms with Crippen molar-refractivity contribution in [2.24, 2.45) is 0 Å². The van der Waals surface area contributed by atoms with E-state index in [1.54, 1.807) is 0 Å². The minimum absolute atomic E-state index is 0. The van der Waals surface area contributed by atoms with Crippen molar-refractivity contribution in [1.29, 1.82) is 0 Å². The number of hydrogen-bond donors (Lipinski definition) is 0. The molecule has 7 heteroatoms. The molecule has 0 aliphatic rings. The summed E-state index contributed by atoms with van der Waals surface area (Å²) in [6.07, 6.45) is 0. The number of rotatable bonds is 6. The number of aliphatic carboxylic acids is 2. The molecular weight excluding hydrogens is 391 g/mol. The molecule has 0 unspecified atom stereocenters. The van der Waals surface area contributed by atoms with E-state index < -0.39 is 11.9 Å². The summed E-state index contributed by atoms with van der Waals surface area (Å²) < 4.78 is 0. The number of carbonyl (C=O) groups excluding carboxylic acids is 2. The molecule has 0 rings (SSSR count). The molecule has 0 spiro atoms. The van der Waals surface area contributed by atoms with Crippen LogP contribution in [0.15, 0.2) is 0 Å². The zero-order valence-electron chi connectivity index (χ0n) is 16.1. The maximum atomic E-state index is 8.89. The van der Waals surface area contributed by atoms with E-state index in [1.165, 1.54) is 39.3 Å². The van der Waals surface area contributed by atoms with Gasteiger partial charge in [0.05, 0.1) is 0 Å².